The number of guanidine groups is 1. The van der Waals surface area contributed by atoms with E-state index in [0.29, 0.717) is 12.5 Å². The maximum absolute atomic E-state index is 10.4. The molecule has 7 heteroatoms. The predicted molar refractivity (Wildman–Crippen MR) is 118 cm³/mol. The third kappa shape index (κ3) is 6.94. The van der Waals surface area contributed by atoms with Crippen LogP contribution >= 0.6 is 24.0 Å². The lowest BCUT2D eigenvalue weighted by molar-refractivity contribution is 0.00716. The van der Waals surface area contributed by atoms with E-state index in [1.165, 1.54) is 6.42 Å². The van der Waals surface area contributed by atoms with E-state index in [0.717, 1.165) is 70.1 Å². The zero-order valence-electron chi connectivity index (χ0n) is 16.3. The number of aliphatic hydroxyl groups is 1. The van der Waals surface area contributed by atoms with E-state index in [1.807, 2.05) is 12.1 Å². The Labute approximate surface area is 179 Å². The molecule has 3 rings (SSSR count). The van der Waals surface area contributed by atoms with Gasteiger partial charge in [0.1, 0.15) is 5.76 Å². The molecule has 1 aliphatic heterocycles. The minimum atomic E-state index is -0.257. The van der Waals surface area contributed by atoms with Gasteiger partial charge in [-0.25, -0.2) is 0 Å². The van der Waals surface area contributed by atoms with Gasteiger partial charge in [0.25, 0.3) is 0 Å². The fourth-order valence-corrected chi connectivity index (χ4v) is 3.74. The van der Waals surface area contributed by atoms with Gasteiger partial charge in [-0.3, -0.25) is 4.99 Å². The molecule has 0 radical (unpaired) electrons. The van der Waals surface area contributed by atoms with Crippen molar-refractivity contribution in [3.63, 3.8) is 0 Å². The Balaban J connectivity index is 0.00000261. The maximum Gasteiger partial charge on any atom is 0.191 e. The second-order valence-corrected chi connectivity index (χ2v) is 7.95. The average Bonchev–Trinajstić information content (AvgIpc) is 3.33. The highest BCUT2D eigenvalue weighted by molar-refractivity contribution is 14.0. The molecule has 0 aromatic carbocycles. The van der Waals surface area contributed by atoms with Crippen molar-refractivity contribution in [2.24, 2.45) is 16.3 Å². The normalized spacial score (nSPS) is 28.6. The molecule has 0 spiro atoms. The summed E-state index contributed by atoms with van der Waals surface area (Å²) >= 11 is 0. The topological polar surface area (TPSA) is 79.0 Å². The van der Waals surface area contributed by atoms with Crippen LogP contribution in [0.25, 0.3) is 0 Å². The van der Waals surface area contributed by atoms with Gasteiger partial charge >= 0.3 is 0 Å². The average molecular weight is 491 g/mol. The second-order valence-electron chi connectivity index (χ2n) is 7.95. The minimum absolute atomic E-state index is 0. The number of aliphatic hydroxyl groups excluding tert-OH is 1. The molecule has 1 saturated heterocycles. The van der Waals surface area contributed by atoms with Crippen molar-refractivity contribution in [2.75, 3.05) is 32.8 Å². The molecule has 3 N–H and O–H groups in total. The zero-order chi connectivity index (χ0) is 18.2. The first-order valence-electron chi connectivity index (χ1n) is 9.96. The maximum atomic E-state index is 10.4. The molecule has 1 aliphatic carbocycles. The highest BCUT2D eigenvalue weighted by atomic mass is 127. The Kier molecular flexibility index (Phi) is 9.38. The highest BCUT2D eigenvalue weighted by Crippen LogP contribution is 2.36. The van der Waals surface area contributed by atoms with E-state index >= 15 is 0 Å². The molecule has 6 nitrogen and oxygen atoms in total. The van der Waals surface area contributed by atoms with Crippen molar-refractivity contribution >= 4 is 29.9 Å². The number of aliphatic imine (C=N–C) groups is 1. The monoisotopic (exact) mass is 491 g/mol. The summed E-state index contributed by atoms with van der Waals surface area (Å²) < 4.78 is 10.9. The smallest absolute Gasteiger partial charge is 0.191 e. The summed E-state index contributed by atoms with van der Waals surface area (Å²) in [5.41, 5.74) is -0.121. The lowest BCUT2D eigenvalue weighted by Gasteiger charge is -2.37. The van der Waals surface area contributed by atoms with Crippen LogP contribution in [0.5, 0.6) is 0 Å². The Morgan fingerprint density at radius 1 is 1.33 bits per heavy atom. The van der Waals surface area contributed by atoms with Gasteiger partial charge < -0.3 is 24.9 Å². The van der Waals surface area contributed by atoms with Crippen LogP contribution in [0, 0.1) is 11.3 Å². The molecule has 1 aromatic heterocycles. The lowest BCUT2D eigenvalue weighted by Crippen LogP contribution is -2.43. The van der Waals surface area contributed by atoms with E-state index in [2.05, 4.69) is 17.6 Å². The standard InChI is InChI=1S/C20H33N3O3.HI/c1-20(9-3-2-6-18(20)24)15-23-19(22-13-16-8-12-25-14-16)21-10-7-17-5-4-11-26-17;/h4-5,11,16,18,24H,2-3,6-10,12-15H2,1H3,(H2,21,22,23);1H. The molecule has 2 aliphatic rings. The predicted octanol–water partition coefficient (Wildman–Crippen LogP) is 2.95. The fourth-order valence-electron chi connectivity index (χ4n) is 3.74. The molecule has 0 bridgehead atoms. The Morgan fingerprint density at radius 3 is 2.93 bits per heavy atom. The molecule has 3 unspecified atom stereocenters. The zero-order valence-corrected chi connectivity index (χ0v) is 18.6. The summed E-state index contributed by atoms with van der Waals surface area (Å²) in [5, 5.41) is 17.3. The number of nitrogens with one attached hydrogen (secondary N) is 2. The van der Waals surface area contributed by atoms with Gasteiger partial charge in [0.05, 0.1) is 25.5 Å². The van der Waals surface area contributed by atoms with Gasteiger partial charge in [-0.1, -0.05) is 19.8 Å². The van der Waals surface area contributed by atoms with E-state index in [1.54, 1.807) is 6.26 Å². The number of hydrogen-bond donors (Lipinski definition) is 3. The first kappa shape index (κ1) is 22.5. The van der Waals surface area contributed by atoms with Gasteiger partial charge in [-0.15, -0.1) is 24.0 Å². The summed E-state index contributed by atoms with van der Waals surface area (Å²) in [6.45, 7) is 6.11. The fraction of sp³-hybridized carbons (Fsp3) is 0.750. The SMILES string of the molecule is CC1(CN=C(NCCc2ccco2)NCC2CCOC2)CCCCC1O.I. The summed E-state index contributed by atoms with van der Waals surface area (Å²) in [6.07, 6.45) is 7.59. The van der Waals surface area contributed by atoms with Crippen molar-refractivity contribution in [3.8, 4) is 0 Å². The van der Waals surface area contributed by atoms with Crippen LogP contribution in [0.2, 0.25) is 0 Å². The molecule has 154 valence electrons. The van der Waals surface area contributed by atoms with Crippen molar-refractivity contribution in [1.29, 1.82) is 0 Å². The number of hydrogen-bond acceptors (Lipinski definition) is 4. The van der Waals surface area contributed by atoms with Crippen LogP contribution in [-0.2, 0) is 11.2 Å². The van der Waals surface area contributed by atoms with Crippen molar-refractivity contribution in [2.45, 2.75) is 51.6 Å². The molecular formula is C20H34IN3O3. The van der Waals surface area contributed by atoms with Gasteiger partial charge in [-0.05, 0) is 31.4 Å². The lowest BCUT2D eigenvalue weighted by atomic mass is 9.73. The van der Waals surface area contributed by atoms with Crippen LogP contribution in [0.3, 0.4) is 0 Å². The first-order valence-corrected chi connectivity index (χ1v) is 9.96. The van der Waals surface area contributed by atoms with Crippen LogP contribution < -0.4 is 10.6 Å². The van der Waals surface area contributed by atoms with E-state index in [-0.39, 0.29) is 35.5 Å². The molecule has 27 heavy (non-hydrogen) atoms. The van der Waals surface area contributed by atoms with E-state index in [9.17, 15) is 5.11 Å². The Bertz CT molecular complexity index is 561. The van der Waals surface area contributed by atoms with Gasteiger partial charge in [0.2, 0.25) is 0 Å². The number of halogens is 1. The second kappa shape index (κ2) is 11.3. The first-order chi connectivity index (χ1) is 12.7. The quantitative estimate of drug-likeness (QED) is 0.311. The Morgan fingerprint density at radius 2 is 2.22 bits per heavy atom. The van der Waals surface area contributed by atoms with E-state index < -0.39 is 0 Å². The number of furan rings is 1. The minimum Gasteiger partial charge on any atom is -0.469 e. The molecule has 2 fully saturated rings. The molecule has 0 amide bonds. The molecule has 2 heterocycles. The van der Waals surface area contributed by atoms with Crippen molar-refractivity contribution in [1.82, 2.24) is 10.6 Å². The molecule has 3 atom stereocenters. The Hall–Kier alpha value is -0.800. The largest absolute Gasteiger partial charge is 0.469 e. The van der Waals surface area contributed by atoms with Gasteiger partial charge in [0.15, 0.2) is 5.96 Å². The molecule has 1 aromatic rings. The molecule has 1 saturated carbocycles. The number of ether oxygens (including phenoxy) is 1. The van der Waals surface area contributed by atoms with Crippen LogP contribution in [0.4, 0.5) is 0 Å². The van der Waals surface area contributed by atoms with E-state index in [4.69, 9.17) is 14.1 Å². The van der Waals surface area contributed by atoms with Gasteiger partial charge in [0, 0.05) is 37.5 Å². The van der Waals surface area contributed by atoms with Crippen LogP contribution in [0.15, 0.2) is 27.8 Å². The highest BCUT2D eigenvalue weighted by Gasteiger charge is 2.35. The van der Waals surface area contributed by atoms with Crippen molar-refractivity contribution < 1.29 is 14.3 Å². The molecular weight excluding hydrogens is 457 g/mol. The summed E-state index contributed by atoms with van der Waals surface area (Å²) in [7, 11) is 0. The number of rotatable bonds is 7. The number of nitrogens with zero attached hydrogens (tertiary/aromatic N) is 1. The third-order valence-corrected chi connectivity index (χ3v) is 5.70. The summed E-state index contributed by atoms with van der Waals surface area (Å²) in [5.74, 6) is 2.33. The summed E-state index contributed by atoms with van der Waals surface area (Å²) in [4.78, 5) is 4.81. The van der Waals surface area contributed by atoms with Gasteiger partial charge in [-0.2, -0.15) is 0 Å². The summed E-state index contributed by atoms with van der Waals surface area (Å²) in [6, 6.07) is 3.90. The van der Waals surface area contributed by atoms with Crippen LogP contribution in [-0.4, -0.2) is 50.0 Å². The van der Waals surface area contributed by atoms with Crippen LogP contribution in [0.1, 0.15) is 44.8 Å². The third-order valence-electron chi connectivity index (χ3n) is 5.70. The van der Waals surface area contributed by atoms with Crippen molar-refractivity contribution in [3.05, 3.63) is 24.2 Å².